The van der Waals surface area contributed by atoms with Crippen molar-refractivity contribution < 1.29 is 5.11 Å². The van der Waals surface area contributed by atoms with Crippen LogP contribution in [0, 0.1) is 0 Å². The molecule has 1 saturated heterocycles. The zero-order chi connectivity index (χ0) is 23.6. The Labute approximate surface area is 201 Å². The van der Waals surface area contributed by atoms with E-state index >= 15 is 0 Å². The number of nitrogens with one attached hydrogen (secondary N) is 1. The van der Waals surface area contributed by atoms with Crippen molar-refractivity contribution in [2.45, 2.75) is 57.6 Å². The van der Waals surface area contributed by atoms with Gasteiger partial charge in [-0.3, -0.25) is 14.7 Å². The van der Waals surface area contributed by atoms with Crippen LogP contribution in [0.25, 0.3) is 26.8 Å². The summed E-state index contributed by atoms with van der Waals surface area (Å²) < 4.78 is 3.40. The average Bonchev–Trinajstić information content (AvgIpc) is 3.32. The molecule has 0 atom stereocenters. The van der Waals surface area contributed by atoms with E-state index in [1.807, 2.05) is 32.2 Å². The lowest BCUT2D eigenvalue weighted by Gasteiger charge is -2.35. The van der Waals surface area contributed by atoms with Crippen LogP contribution in [0.1, 0.15) is 48.6 Å². The van der Waals surface area contributed by atoms with Crippen LogP contribution in [0.5, 0.6) is 0 Å². The first-order valence-corrected chi connectivity index (χ1v) is 12.9. The van der Waals surface area contributed by atoms with Crippen LogP contribution in [0.15, 0.2) is 34.0 Å². The predicted octanol–water partition coefficient (Wildman–Crippen LogP) is 3.46. The van der Waals surface area contributed by atoms with Gasteiger partial charge >= 0.3 is 5.69 Å². The summed E-state index contributed by atoms with van der Waals surface area (Å²) in [5.74, 6) is 0. The topological polar surface area (TPSA) is 83.3 Å². The number of hydrogen-bond acceptors (Lipinski definition) is 5. The quantitative estimate of drug-likeness (QED) is 0.472. The fourth-order valence-corrected chi connectivity index (χ4v) is 6.90. The highest BCUT2D eigenvalue weighted by molar-refractivity contribution is 7.18. The van der Waals surface area contributed by atoms with Gasteiger partial charge in [0.05, 0.1) is 16.7 Å². The summed E-state index contributed by atoms with van der Waals surface area (Å²) in [6.07, 6.45) is 7.77. The smallest absolute Gasteiger partial charge is 0.334 e. The lowest BCUT2D eigenvalue weighted by molar-refractivity contribution is -0.00721. The molecule has 1 aliphatic carbocycles. The van der Waals surface area contributed by atoms with E-state index in [0.717, 1.165) is 74.6 Å². The average molecular weight is 479 g/mol. The molecule has 3 aromatic heterocycles. The molecule has 1 aliphatic heterocycles. The summed E-state index contributed by atoms with van der Waals surface area (Å²) in [4.78, 5) is 33.9. The number of hydrogen-bond donors (Lipinski definition) is 2. The van der Waals surface area contributed by atoms with Gasteiger partial charge in [-0.2, -0.15) is 0 Å². The molecule has 2 N–H and O–H groups in total. The van der Waals surface area contributed by atoms with Gasteiger partial charge in [-0.25, -0.2) is 9.36 Å². The Morgan fingerprint density at radius 1 is 1.15 bits per heavy atom. The minimum absolute atomic E-state index is 0.215. The van der Waals surface area contributed by atoms with Crippen molar-refractivity contribution in [1.82, 2.24) is 19.0 Å². The maximum atomic E-state index is 13.6. The van der Waals surface area contributed by atoms with Crippen LogP contribution < -0.4 is 11.2 Å². The summed E-state index contributed by atoms with van der Waals surface area (Å²) in [6, 6.07) is 5.84. The van der Waals surface area contributed by atoms with E-state index in [0.29, 0.717) is 15.9 Å². The van der Waals surface area contributed by atoms with Crippen LogP contribution in [0.3, 0.4) is 0 Å². The molecule has 34 heavy (non-hydrogen) atoms. The summed E-state index contributed by atoms with van der Waals surface area (Å²) in [6.45, 7) is 4.38. The van der Waals surface area contributed by atoms with E-state index in [4.69, 9.17) is 0 Å². The number of piperidine rings is 1. The third-order valence-corrected chi connectivity index (χ3v) is 8.86. The molecule has 1 fully saturated rings. The van der Waals surface area contributed by atoms with Gasteiger partial charge in [0.1, 0.15) is 4.83 Å². The number of nitrogens with zero attached hydrogens (tertiary/aromatic N) is 3. The lowest BCUT2D eigenvalue weighted by Crippen LogP contribution is -2.41. The van der Waals surface area contributed by atoms with Crippen molar-refractivity contribution in [3.8, 4) is 5.69 Å². The van der Waals surface area contributed by atoms with Gasteiger partial charge in [-0.15, -0.1) is 11.3 Å². The van der Waals surface area contributed by atoms with Gasteiger partial charge in [-0.1, -0.05) is 0 Å². The van der Waals surface area contributed by atoms with E-state index < -0.39 is 5.60 Å². The van der Waals surface area contributed by atoms with Crippen molar-refractivity contribution in [2.75, 3.05) is 13.1 Å². The van der Waals surface area contributed by atoms with E-state index in [-0.39, 0.29) is 11.2 Å². The fourth-order valence-electron chi connectivity index (χ4n) is 5.63. The first-order chi connectivity index (χ1) is 16.3. The molecule has 6 rings (SSSR count). The van der Waals surface area contributed by atoms with Gasteiger partial charge in [-0.05, 0) is 74.8 Å². The number of thiophene rings is 1. The maximum absolute atomic E-state index is 13.6. The molecular weight excluding hydrogens is 448 g/mol. The fraction of sp³-hybridized carbons (Fsp3) is 0.462. The molecule has 0 radical (unpaired) electrons. The number of likely N-dealkylation sites (tertiary alicyclic amines) is 1. The number of H-pyrrole nitrogens is 1. The second-order valence-electron chi connectivity index (χ2n) is 10.2. The van der Waals surface area contributed by atoms with E-state index in [9.17, 15) is 14.7 Å². The number of aromatic nitrogens is 3. The summed E-state index contributed by atoms with van der Waals surface area (Å²) >= 11 is 1.56. The Bertz CT molecular complexity index is 1530. The van der Waals surface area contributed by atoms with Gasteiger partial charge in [0.2, 0.25) is 0 Å². The third-order valence-electron chi connectivity index (χ3n) is 7.65. The van der Waals surface area contributed by atoms with Crippen LogP contribution in [-0.2, 0) is 26.4 Å². The van der Waals surface area contributed by atoms with E-state index in [1.165, 1.54) is 15.0 Å². The summed E-state index contributed by atoms with van der Waals surface area (Å²) in [5.41, 5.74) is 2.79. The predicted molar refractivity (Wildman–Crippen MR) is 136 cm³/mol. The minimum atomic E-state index is -0.579. The number of fused-ring (bicyclic) bond motifs is 4. The summed E-state index contributed by atoms with van der Waals surface area (Å²) in [5, 5.41) is 12.0. The second kappa shape index (κ2) is 7.93. The van der Waals surface area contributed by atoms with Gasteiger partial charge in [0, 0.05) is 48.7 Å². The second-order valence-corrected chi connectivity index (χ2v) is 11.3. The SMILES string of the molecule is Cn1cc(CN2CCC(C)(O)CC2)c2cc(-n3c(=O)[nH]c4sc5c(c4c3=O)CCCC5)ccc21. The zero-order valence-electron chi connectivity index (χ0n) is 19.7. The first kappa shape index (κ1) is 21.8. The molecule has 4 heterocycles. The Balaban J connectivity index is 1.44. The molecule has 4 aromatic rings. The van der Waals surface area contributed by atoms with Crippen LogP contribution >= 0.6 is 11.3 Å². The zero-order valence-corrected chi connectivity index (χ0v) is 20.5. The molecule has 0 spiro atoms. The van der Waals surface area contributed by atoms with Gasteiger partial charge in [0.15, 0.2) is 0 Å². The molecule has 2 aliphatic rings. The van der Waals surface area contributed by atoms with Crippen molar-refractivity contribution in [1.29, 1.82) is 0 Å². The molecule has 0 bridgehead atoms. The Kier molecular flexibility index (Phi) is 5.09. The number of aryl methyl sites for hydroxylation is 3. The molecule has 7 nitrogen and oxygen atoms in total. The van der Waals surface area contributed by atoms with Gasteiger partial charge < -0.3 is 9.67 Å². The molecule has 8 heteroatoms. The number of aromatic amines is 1. The van der Waals surface area contributed by atoms with Gasteiger partial charge in [0.25, 0.3) is 5.56 Å². The lowest BCUT2D eigenvalue weighted by atomic mass is 9.93. The molecule has 0 amide bonds. The molecular formula is C26H30N4O3S. The van der Waals surface area contributed by atoms with Crippen molar-refractivity contribution in [3.05, 3.63) is 61.2 Å². The number of aliphatic hydroxyl groups is 1. The largest absolute Gasteiger partial charge is 0.390 e. The maximum Gasteiger partial charge on any atom is 0.334 e. The van der Waals surface area contributed by atoms with Crippen molar-refractivity contribution in [3.63, 3.8) is 0 Å². The minimum Gasteiger partial charge on any atom is -0.390 e. The number of rotatable bonds is 3. The van der Waals surface area contributed by atoms with Crippen LogP contribution in [0.4, 0.5) is 0 Å². The molecule has 0 unspecified atom stereocenters. The highest BCUT2D eigenvalue weighted by atomic mass is 32.1. The first-order valence-electron chi connectivity index (χ1n) is 12.1. The van der Waals surface area contributed by atoms with E-state index in [1.54, 1.807) is 11.3 Å². The van der Waals surface area contributed by atoms with E-state index in [2.05, 4.69) is 20.6 Å². The molecule has 1 aromatic carbocycles. The Hall–Kier alpha value is -2.68. The Morgan fingerprint density at radius 3 is 2.71 bits per heavy atom. The molecule has 178 valence electrons. The van der Waals surface area contributed by atoms with Crippen LogP contribution in [0.2, 0.25) is 0 Å². The summed E-state index contributed by atoms with van der Waals surface area (Å²) in [7, 11) is 2.02. The monoisotopic (exact) mass is 478 g/mol. The molecule has 0 saturated carbocycles. The highest BCUT2D eigenvalue weighted by Gasteiger charge is 2.28. The van der Waals surface area contributed by atoms with Crippen LogP contribution in [-0.4, -0.2) is 42.8 Å². The van der Waals surface area contributed by atoms with Crippen molar-refractivity contribution >= 4 is 32.5 Å². The number of benzene rings is 1. The third kappa shape index (κ3) is 3.56. The highest BCUT2D eigenvalue weighted by Crippen LogP contribution is 2.33. The normalized spacial score (nSPS) is 18.6. The standard InChI is InChI=1S/C26H30N4O3S/c1-26(33)9-11-29(12-10-26)15-16-14-28(2)20-8-7-17(13-19(16)20)30-24(31)22-18-5-3-4-6-21(18)34-23(22)27-25(30)32/h7-8,13-14,33H,3-6,9-12,15H2,1-2H3,(H,27,32). The van der Waals surface area contributed by atoms with Crippen molar-refractivity contribution in [2.24, 2.45) is 7.05 Å². The Morgan fingerprint density at radius 2 is 1.91 bits per heavy atom.